The Bertz CT molecular complexity index is 487. The van der Waals surface area contributed by atoms with Crippen LogP contribution in [0.3, 0.4) is 0 Å². The second-order valence-corrected chi connectivity index (χ2v) is 4.06. The van der Waals surface area contributed by atoms with Gasteiger partial charge in [-0.3, -0.25) is 4.98 Å². The molecule has 0 radical (unpaired) electrons. The molecule has 1 aliphatic rings. The highest BCUT2D eigenvalue weighted by molar-refractivity contribution is 5.84. The summed E-state index contributed by atoms with van der Waals surface area (Å²) in [5.74, 6) is 0.895. The molecule has 0 saturated carbocycles. The highest BCUT2D eigenvalue weighted by Gasteiger charge is 2.16. The summed E-state index contributed by atoms with van der Waals surface area (Å²) in [7, 11) is 0. The van der Waals surface area contributed by atoms with E-state index in [1.54, 1.807) is 0 Å². The standard InChI is InChI=1S/C13H14N2O/c1-3-10-4-2-7-15-13(10)12(5-1)16-11-6-8-14-9-11/h1-5,7,11,14H,6,8-9H2/t11-/m1/s1. The molecule has 1 N–H and O–H groups in total. The van der Waals surface area contributed by atoms with Gasteiger partial charge in [-0.2, -0.15) is 0 Å². The molecule has 0 unspecified atom stereocenters. The normalized spacial score (nSPS) is 20.1. The third-order valence-electron chi connectivity index (χ3n) is 2.90. The molecule has 1 aliphatic heterocycles. The second kappa shape index (κ2) is 4.10. The number of rotatable bonds is 2. The van der Waals surface area contributed by atoms with Crippen LogP contribution in [0.5, 0.6) is 5.75 Å². The molecule has 1 saturated heterocycles. The van der Waals surface area contributed by atoms with Gasteiger partial charge in [-0.25, -0.2) is 0 Å². The number of nitrogens with one attached hydrogen (secondary N) is 1. The van der Waals surface area contributed by atoms with Gasteiger partial charge in [0.15, 0.2) is 0 Å². The van der Waals surface area contributed by atoms with Crippen molar-refractivity contribution in [2.75, 3.05) is 13.1 Å². The SMILES string of the molecule is c1cnc2c(O[C@@H]3CCNC3)cccc2c1. The van der Waals surface area contributed by atoms with Gasteiger partial charge in [0.05, 0.1) is 0 Å². The van der Waals surface area contributed by atoms with Crippen molar-refractivity contribution in [2.45, 2.75) is 12.5 Å². The van der Waals surface area contributed by atoms with E-state index in [1.165, 1.54) is 0 Å². The summed E-state index contributed by atoms with van der Waals surface area (Å²) in [5, 5.41) is 4.43. The maximum Gasteiger partial charge on any atom is 0.146 e. The number of fused-ring (bicyclic) bond motifs is 1. The van der Waals surface area contributed by atoms with Crippen molar-refractivity contribution in [3.8, 4) is 5.75 Å². The molecule has 2 aromatic rings. The topological polar surface area (TPSA) is 34.1 Å². The number of pyridine rings is 1. The van der Waals surface area contributed by atoms with Crippen LogP contribution in [0.2, 0.25) is 0 Å². The first-order chi connectivity index (χ1) is 7.93. The van der Waals surface area contributed by atoms with Crippen molar-refractivity contribution in [3.05, 3.63) is 36.5 Å². The first-order valence-electron chi connectivity index (χ1n) is 5.64. The Balaban J connectivity index is 1.96. The fraction of sp³-hybridized carbons (Fsp3) is 0.308. The summed E-state index contributed by atoms with van der Waals surface area (Å²) < 4.78 is 5.96. The molecular formula is C13H14N2O. The Morgan fingerprint density at radius 3 is 3.06 bits per heavy atom. The van der Waals surface area contributed by atoms with Crippen LogP contribution in [-0.2, 0) is 0 Å². The lowest BCUT2D eigenvalue weighted by Gasteiger charge is -2.13. The van der Waals surface area contributed by atoms with Crippen molar-refractivity contribution in [3.63, 3.8) is 0 Å². The summed E-state index contributed by atoms with van der Waals surface area (Å²) in [5.41, 5.74) is 0.955. The molecule has 0 bridgehead atoms. The van der Waals surface area contributed by atoms with E-state index in [2.05, 4.69) is 22.4 Å². The fourth-order valence-corrected chi connectivity index (χ4v) is 2.08. The number of hydrogen-bond donors (Lipinski definition) is 1. The van der Waals surface area contributed by atoms with Crippen LogP contribution in [0.25, 0.3) is 10.9 Å². The predicted molar refractivity (Wildman–Crippen MR) is 63.6 cm³/mol. The average molecular weight is 214 g/mol. The fourth-order valence-electron chi connectivity index (χ4n) is 2.08. The zero-order valence-corrected chi connectivity index (χ0v) is 9.02. The summed E-state index contributed by atoms with van der Waals surface area (Å²) >= 11 is 0. The monoisotopic (exact) mass is 214 g/mol. The molecule has 1 atom stereocenters. The molecule has 16 heavy (non-hydrogen) atoms. The van der Waals surface area contributed by atoms with Crippen molar-refractivity contribution in [1.82, 2.24) is 10.3 Å². The smallest absolute Gasteiger partial charge is 0.146 e. The van der Waals surface area contributed by atoms with E-state index in [-0.39, 0.29) is 6.10 Å². The largest absolute Gasteiger partial charge is 0.487 e. The lowest BCUT2D eigenvalue weighted by molar-refractivity contribution is 0.225. The minimum atomic E-state index is 0.285. The van der Waals surface area contributed by atoms with Crippen molar-refractivity contribution < 1.29 is 4.74 Å². The molecule has 0 amide bonds. The van der Waals surface area contributed by atoms with Crippen LogP contribution in [0, 0.1) is 0 Å². The molecule has 1 aromatic carbocycles. The Kier molecular flexibility index (Phi) is 2.46. The molecule has 3 heteroatoms. The molecule has 0 spiro atoms. The Morgan fingerprint density at radius 1 is 1.25 bits per heavy atom. The van der Waals surface area contributed by atoms with Gasteiger partial charge in [-0.1, -0.05) is 18.2 Å². The van der Waals surface area contributed by atoms with Gasteiger partial charge in [0.2, 0.25) is 0 Å². The molecule has 1 fully saturated rings. The number of ether oxygens (including phenoxy) is 1. The molecule has 0 aliphatic carbocycles. The quantitative estimate of drug-likeness (QED) is 0.830. The third kappa shape index (κ3) is 1.74. The maximum atomic E-state index is 5.96. The molecule has 82 valence electrons. The molecule has 2 heterocycles. The van der Waals surface area contributed by atoms with Crippen molar-refractivity contribution in [1.29, 1.82) is 0 Å². The van der Waals surface area contributed by atoms with Crippen molar-refractivity contribution in [2.24, 2.45) is 0 Å². The van der Waals surface area contributed by atoms with Gasteiger partial charge < -0.3 is 10.1 Å². The molecule has 3 rings (SSSR count). The van der Waals surface area contributed by atoms with Gasteiger partial charge in [0.1, 0.15) is 17.4 Å². The van der Waals surface area contributed by atoms with E-state index in [4.69, 9.17) is 4.74 Å². The van der Waals surface area contributed by atoms with Gasteiger partial charge in [-0.15, -0.1) is 0 Å². The minimum absolute atomic E-state index is 0.285. The molecular weight excluding hydrogens is 200 g/mol. The summed E-state index contributed by atoms with van der Waals surface area (Å²) in [6.07, 6.45) is 3.17. The zero-order chi connectivity index (χ0) is 10.8. The number of hydrogen-bond acceptors (Lipinski definition) is 3. The van der Waals surface area contributed by atoms with Crippen LogP contribution in [0.4, 0.5) is 0 Å². The van der Waals surface area contributed by atoms with Gasteiger partial charge in [0, 0.05) is 18.1 Å². The van der Waals surface area contributed by atoms with Crippen LogP contribution in [0.1, 0.15) is 6.42 Å². The van der Waals surface area contributed by atoms with E-state index in [1.807, 2.05) is 24.4 Å². The highest BCUT2D eigenvalue weighted by Crippen LogP contribution is 2.24. The van der Waals surface area contributed by atoms with Crippen LogP contribution in [0.15, 0.2) is 36.5 Å². The van der Waals surface area contributed by atoms with Crippen LogP contribution in [-0.4, -0.2) is 24.2 Å². The highest BCUT2D eigenvalue weighted by atomic mass is 16.5. The minimum Gasteiger partial charge on any atom is -0.487 e. The Hall–Kier alpha value is -1.61. The van der Waals surface area contributed by atoms with Gasteiger partial charge in [0.25, 0.3) is 0 Å². The van der Waals surface area contributed by atoms with Gasteiger partial charge in [-0.05, 0) is 25.1 Å². The summed E-state index contributed by atoms with van der Waals surface area (Å²) in [6.45, 7) is 1.98. The lowest BCUT2D eigenvalue weighted by atomic mass is 10.2. The molecule has 1 aromatic heterocycles. The van der Waals surface area contributed by atoms with E-state index in [0.29, 0.717) is 0 Å². The zero-order valence-electron chi connectivity index (χ0n) is 9.02. The summed E-state index contributed by atoms with van der Waals surface area (Å²) in [6, 6.07) is 10.1. The number of aromatic nitrogens is 1. The Labute approximate surface area is 94.5 Å². The average Bonchev–Trinajstić information content (AvgIpc) is 2.82. The van der Waals surface area contributed by atoms with Crippen molar-refractivity contribution >= 4 is 10.9 Å². The molecule has 3 nitrogen and oxygen atoms in total. The maximum absolute atomic E-state index is 5.96. The van der Waals surface area contributed by atoms with Crippen LogP contribution >= 0.6 is 0 Å². The first-order valence-corrected chi connectivity index (χ1v) is 5.64. The number of para-hydroxylation sites is 1. The predicted octanol–water partition coefficient (Wildman–Crippen LogP) is 1.98. The second-order valence-electron chi connectivity index (χ2n) is 4.06. The van der Waals surface area contributed by atoms with E-state index in [9.17, 15) is 0 Å². The Morgan fingerprint density at radius 2 is 2.19 bits per heavy atom. The van der Waals surface area contributed by atoms with Crippen LogP contribution < -0.4 is 10.1 Å². The number of benzene rings is 1. The summed E-state index contributed by atoms with van der Waals surface area (Å²) in [4.78, 5) is 4.38. The number of nitrogens with zero attached hydrogens (tertiary/aromatic N) is 1. The lowest BCUT2D eigenvalue weighted by Crippen LogP contribution is -2.19. The first kappa shape index (κ1) is 9.60. The van der Waals surface area contributed by atoms with E-state index < -0.39 is 0 Å². The van der Waals surface area contributed by atoms with E-state index in [0.717, 1.165) is 36.2 Å². The van der Waals surface area contributed by atoms with Gasteiger partial charge >= 0.3 is 0 Å². The van der Waals surface area contributed by atoms with E-state index >= 15 is 0 Å². The third-order valence-corrected chi connectivity index (χ3v) is 2.90.